The predicted octanol–water partition coefficient (Wildman–Crippen LogP) is 21.5. The molecule has 1 aromatic carbocycles. The quantitative estimate of drug-likeness (QED) is 0.0214. The van der Waals surface area contributed by atoms with Crippen LogP contribution in [0, 0.1) is 215 Å². The number of hydrogen-bond donors (Lipinski definition) is 7. The standard InChI is InChI=1S/C24H34O4.C22H30O3.C19H28O4.C19H32O4.C18H28O5.C13H20O5/c1-4-24(2,3)23(27)28-17-8-11-7-14(17)21-16-9-15(19(11)21)20-12-5-10(18(16)20)6-13(12)22(25)26;1-3-15(2)19-6-4-16(5-7-19)13-25-22-11-17-8-18(12-22)10-21(9-17,14-22)20(23)24;1-4-19(2,3)18(22)23-14-8-10-7-13(14)16-9-5-11(15(10)16)12(6-9)17(20)21;1-7-17(4,5)16(22)23-14-11-19(12(2)3)9-8-18(14,6)10-13(19)15(20)21;1-4-18(2,3)17(21)23-15-6-10-5-14(15)13-8-11(7-12(10)13)22-9-16(19)20;1-3-6(2)18-9-5-7-4-8(9)11(13(16)17)10(7)12(14)15/h10-21H,4-9H2,1-3H3,(H,25,26);4-7,15,17-18H,3,8-14H2,1-2H3,(H,23,24);9-16H,4-8H2,1-3H3,(H,20,21);12-14H,7-11H2,1-6H3,(H,20,21);10-15H,4-9H2,1-3H3,(H,19,20);6-11H,3-5H2,1-2H3,(H,14,15)(H,16,17). The summed E-state index contributed by atoms with van der Waals surface area (Å²) in [4.78, 5) is 130. The number of benzene rings is 1. The van der Waals surface area contributed by atoms with E-state index in [2.05, 4.69) is 65.8 Å². The predicted molar refractivity (Wildman–Crippen MR) is 521 cm³/mol. The lowest BCUT2D eigenvalue weighted by Crippen LogP contribution is -2.59. The zero-order valence-electron chi connectivity index (χ0n) is 87.6. The van der Waals surface area contributed by atoms with Crippen LogP contribution in [0.25, 0.3) is 0 Å². The van der Waals surface area contributed by atoms with E-state index in [1.54, 1.807) is 0 Å². The van der Waals surface area contributed by atoms with Crippen molar-refractivity contribution in [3.8, 4) is 0 Å². The number of aliphatic carboxylic acids is 7. The van der Waals surface area contributed by atoms with Gasteiger partial charge in [0.2, 0.25) is 0 Å². The summed E-state index contributed by atoms with van der Waals surface area (Å²) in [6.07, 6.45) is 29.6. The molecular weight excluding hydrogens is 1780 g/mol. The first-order valence-electron chi connectivity index (χ1n) is 55.3. The third-order valence-corrected chi connectivity index (χ3v) is 43.7. The maximum Gasteiger partial charge on any atom is 0.329 e. The molecule has 0 amide bonds. The molecule has 22 aliphatic rings. The highest BCUT2D eigenvalue weighted by Crippen LogP contribution is 2.78. The molecule has 0 spiro atoms. The number of carbonyl (C=O) groups excluding carboxylic acids is 4. The van der Waals surface area contributed by atoms with Gasteiger partial charge >= 0.3 is 65.7 Å². The molecule has 25 nitrogen and oxygen atoms in total. The van der Waals surface area contributed by atoms with Gasteiger partial charge in [-0.3, -0.25) is 47.9 Å². The number of fused-ring (bicyclic) bond motifs is 35. The van der Waals surface area contributed by atoms with E-state index in [0.29, 0.717) is 139 Å². The largest absolute Gasteiger partial charge is 0.481 e. The van der Waals surface area contributed by atoms with Crippen LogP contribution in [-0.2, 0) is 92.5 Å². The van der Waals surface area contributed by atoms with Crippen molar-refractivity contribution in [2.75, 3.05) is 6.61 Å². The minimum absolute atomic E-state index is 0.00523. The van der Waals surface area contributed by atoms with E-state index in [0.717, 1.165) is 177 Å². The van der Waals surface area contributed by atoms with Gasteiger partial charge in [0.1, 0.15) is 31.0 Å². The first-order valence-corrected chi connectivity index (χ1v) is 55.3. The summed E-state index contributed by atoms with van der Waals surface area (Å²) in [7, 11) is 0. The van der Waals surface area contributed by atoms with Crippen LogP contribution in [0.5, 0.6) is 0 Å². The molecule has 1 aromatic rings. The average Bonchev–Trinajstić information content (AvgIpc) is 1.50. The molecule has 23 rings (SSSR count). The van der Waals surface area contributed by atoms with Crippen molar-refractivity contribution in [2.45, 2.75) is 391 Å². The highest BCUT2D eigenvalue weighted by Gasteiger charge is 2.75. The normalized spacial score (nSPS) is 42.8. The molecule has 0 aromatic heterocycles. The molecule has 140 heavy (non-hydrogen) atoms. The number of carboxylic acids is 7. The molecule has 22 aliphatic carbocycles. The van der Waals surface area contributed by atoms with Gasteiger partial charge in [-0.2, -0.15) is 0 Å². The molecule has 782 valence electrons. The Bertz CT molecular complexity index is 4720. The van der Waals surface area contributed by atoms with Gasteiger partial charge in [0, 0.05) is 5.41 Å². The van der Waals surface area contributed by atoms with Crippen LogP contribution in [0.4, 0.5) is 0 Å². The Hall–Kier alpha value is -6.73. The van der Waals surface area contributed by atoms with Gasteiger partial charge < -0.3 is 68.9 Å². The Kier molecular flexibility index (Phi) is 30.4. The topological polar surface area (TPSA) is 394 Å². The molecule has 25 heteroatoms. The lowest BCUT2D eigenvalue weighted by Gasteiger charge is -2.60. The van der Waals surface area contributed by atoms with Gasteiger partial charge in [-0.15, -0.1) is 0 Å². The smallest absolute Gasteiger partial charge is 0.329 e. The highest BCUT2D eigenvalue weighted by atomic mass is 16.6. The van der Waals surface area contributed by atoms with Crippen LogP contribution in [0.2, 0.25) is 0 Å². The zero-order chi connectivity index (χ0) is 102. The minimum Gasteiger partial charge on any atom is -0.481 e. The van der Waals surface area contributed by atoms with Gasteiger partial charge in [0.05, 0.1) is 87.2 Å². The Balaban J connectivity index is 0.000000122. The molecule has 22 saturated carbocycles. The first-order chi connectivity index (χ1) is 65.8. The summed E-state index contributed by atoms with van der Waals surface area (Å²) in [5.74, 6) is 6.70. The fourth-order valence-corrected chi connectivity index (χ4v) is 34.9. The SMILES string of the molecule is CCC(C)(C)C(=O)OC1CC2(C(C)C)CCC1(C)CC2C(=O)O.CCC(C)(C)C(=O)OC1CC2CC1C1C3CC(C(=O)O)C(C3)C21.CCC(C)(C)C(=O)OC1CC2CC1C1C3CC(C21)C1C2CC(CC2C(=O)O)C31.CCC(C)(C)C(=O)OC1CC2CC1C1CC(OCC(=O)O)CC21.CCC(C)OC1CC2CC1C(C(=O)O)C2C(=O)O.CCC(C)c1ccc(COC23CC4CC(C2)CC(C(=O)O)(C4)C3)cc1. The van der Waals surface area contributed by atoms with E-state index in [1.807, 2.05) is 90.0 Å². The maximum atomic E-state index is 12.7. The van der Waals surface area contributed by atoms with Crippen molar-refractivity contribution in [1.82, 2.24) is 0 Å². The Morgan fingerprint density at radius 2 is 0.843 bits per heavy atom. The molecule has 7 N–H and O–H groups in total. The Morgan fingerprint density at radius 3 is 1.32 bits per heavy atom. The number of ether oxygens (including phenoxy) is 7. The highest BCUT2D eigenvalue weighted by molar-refractivity contribution is 5.82. The fourth-order valence-electron chi connectivity index (χ4n) is 34.9. The summed E-state index contributed by atoms with van der Waals surface area (Å²) in [6.45, 7) is 38.9. The van der Waals surface area contributed by atoms with Crippen LogP contribution in [-0.4, -0.2) is 156 Å². The molecule has 39 unspecified atom stereocenters. The molecule has 0 heterocycles. The molecular formula is C115H172O25. The van der Waals surface area contributed by atoms with Crippen molar-refractivity contribution in [3.63, 3.8) is 0 Å². The lowest BCUT2D eigenvalue weighted by molar-refractivity contribution is -0.210. The number of carboxylic acid groups (broad SMARTS) is 7. The third-order valence-electron chi connectivity index (χ3n) is 43.7. The van der Waals surface area contributed by atoms with E-state index >= 15 is 0 Å². The van der Waals surface area contributed by atoms with E-state index in [-0.39, 0.29) is 131 Å². The van der Waals surface area contributed by atoms with Gasteiger partial charge in [0.15, 0.2) is 0 Å². The van der Waals surface area contributed by atoms with Crippen LogP contribution in [0.3, 0.4) is 0 Å². The van der Waals surface area contributed by atoms with Crippen LogP contribution < -0.4 is 0 Å². The third kappa shape index (κ3) is 19.6. The lowest BCUT2D eigenvalue weighted by atomic mass is 9.45. The number of carbonyl (C=O) groups is 11. The molecule has 20 bridgehead atoms. The van der Waals surface area contributed by atoms with Gasteiger partial charge in [0.25, 0.3) is 0 Å². The summed E-state index contributed by atoms with van der Waals surface area (Å²) in [5.41, 5.74) is -0.249. The average molecular weight is 1950 g/mol. The van der Waals surface area contributed by atoms with Gasteiger partial charge in [-0.1, -0.05) is 93.5 Å². The molecule has 0 saturated heterocycles. The number of rotatable bonds is 30. The van der Waals surface area contributed by atoms with Gasteiger partial charge in [-0.05, 0) is 432 Å². The molecule has 22 fully saturated rings. The molecule has 39 atom stereocenters. The zero-order valence-corrected chi connectivity index (χ0v) is 87.6. The summed E-state index contributed by atoms with van der Waals surface area (Å²) < 4.78 is 41.7. The van der Waals surface area contributed by atoms with Gasteiger partial charge in [-0.25, -0.2) is 4.79 Å². The van der Waals surface area contributed by atoms with Crippen molar-refractivity contribution < 1.29 is 122 Å². The minimum atomic E-state index is -0.993. The van der Waals surface area contributed by atoms with Crippen molar-refractivity contribution in [2.24, 2.45) is 215 Å². The Morgan fingerprint density at radius 1 is 0.400 bits per heavy atom. The van der Waals surface area contributed by atoms with E-state index in [1.165, 1.54) is 36.8 Å². The maximum absolute atomic E-state index is 12.7. The van der Waals surface area contributed by atoms with E-state index < -0.39 is 75.3 Å². The monoisotopic (exact) mass is 1950 g/mol. The Labute approximate surface area is 831 Å². The number of hydrogen-bond acceptors (Lipinski definition) is 18. The fraction of sp³-hybridized carbons (Fsp3) is 0.852. The van der Waals surface area contributed by atoms with Crippen LogP contribution in [0.1, 0.15) is 348 Å². The summed E-state index contributed by atoms with van der Waals surface area (Å²) in [6, 6.07) is 8.78. The van der Waals surface area contributed by atoms with Crippen LogP contribution in [0.15, 0.2) is 24.3 Å². The second-order valence-electron chi connectivity index (χ2n) is 52.6. The van der Waals surface area contributed by atoms with E-state index in [4.69, 9.17) is 43.4 Å². The molecule has 0 radical (unpaired) electrons. The van der Waals surface area contributed by atoms with Crippen molar-refractivity contribution >= 4 is 65.7 Å². The van der Waals surface area contributed by atoms with Crippen molar-refractivity contribution in [3.05, 3.63) is 35.4 Å². The summed E-state index contributed by atoms with van der Waals surface area (Å²) >= 11 is 0. The van der Waals surface area contributed by atoms with Crippen molar-refractivity contribution in [1.29, 1.82) is 0 Å². The summed E-state index contributed by atoms with van der Waals surface area (Å²) in [5, 5.41) is 65.8. The first kappa shape index (κ1) is 106. The second-order valence-corrected chi connectivity index (χ2v) is 52.6. The number of esters is 4. The second kappa shape index (κ2) is 40.1. The molecule has 0 aliphatic heterocycles. The van der Waals surface area contributed by atoms with E-state index in [9.17, 15) is 78.3 Å². The van der Waals surface area contributed by atoms with Crippen LogP contribution >= 0.6 is 0 Å².